The zero-order valence-corrected chi connectivity index (χ0v) is 11.5. The first kappa shape index (κ1) is 12.4. The van der Waals surface area contributed by atoms with Gasteiger partial charge in [-0.15, -0.1) is 0 Å². The number of imidazole rings is 1. The third kappa shape index (κ3) is 2.71. The normalized spacial score (nSPS) is 18.3. The van der Waals surface area contributed by atoms with Gasteiger partial charge in [-0.05, 0) is 37.3 Å². The van der Waals surface area contributed by atoms with Crippen LogP contribution in [0, 0.1) is 0 Å². The van der Waals surface area contributed by atoms with Crippen molar-refractivity contribution in [3.05, 3.63) is 53.6 Å². The largest absolute Gasteiger partial charge is 0.334 e. The van der Waals surface area contributed by atoms with Crippen LogP contribution in [0.1, 0.15) is 30.2 Å². The Kier molecular flexibility index (Phi) is 3.65. The molecule has 0 radical (unpaired) electrons. The SMILES string of the molecule is CCn1cncc1CNC1CCc2ccccc2C1. The first-order chi connectivity index (χ1) is 9.36. The molecule has 3 rings (SSSR count). The van der Waals surface area contributed by atoms with Crippen LogP contribution in [0.4, 0.5) is 0 Å². The summed E-state index contributed by atoms with van der Waals surface area (Å²) >= 11 is 0. The number of hydrogen-bond acceptors (Lipinski definition) is 2. The summed E-state index contributed by atoms with van der Waals surface area (Å²) in [5.74, 6) is 0. The van der Waals surface area contributed by atoms with Gasteiger partial charge in [-0.2, -0.15) is 0 Å². The van der Waals surface area contributed by atoms with E-state index >= 15 is 0 Å². The zero-order valence-electron chi connectivity index (χ0n) is 11.5. The summed E-state index contributed by atoms with van der Waals surface area (Å²) in [4.78, 5) is 4.22. The van der Waals surface area contributed by atoms with E-state index in [-0.39, 0.29) is 0 Å². The molecule has 1 aromatic heterocycles. The molecule has 1 N–H and O–H groups in total. The van der Waals surface area contributed by atoms with Crippen molar-refractivity contribution in [2.75, 3.05) is 0 Å². The van der Waals surface area contributed by atoms with Gasteiger partial charge in [0.25, 0.3) is 0 Å². The van der Waals surface area contributed by atoms with Gasteiger partial charge in [-0.3, -0.25) is 0 Å². The van der Waals surface area contributed by atoms with Crippen molar-refractivity contribution in [2.24, 2.45) is 0 Å². The summed E-state index contributed by atoms with van der Waals surface area (Å²) in [5, 5.41) is 3.68. The highest BCUT2D eigenvalue weighted by molar-refractivity contribution is 5.30. The highest BCUT2D eigenvalue weighted by Crippen LogP contribution is 2.21. The second-order valence-corrected chi connectivity index (χ2v) is 5.26. The van der Waals surface area contributed by atoms with Gasteiger partial charge in [0.15, 0.2) is 0 Å². The van der Waals surface area contributed by atoms with E-state index in [1.165, 1.54) is 29.7 Å². The third-order valence-electron chi connectivity index (χ3n) is 4.06. The van der Waals surface area contributed by atoms with E-state index in [9.17, 15) is 0 Å². The Balaban J connectivity index is 1.61. The van der Waals surface area contributed by atoms with Crippen LogP contribution in [0.25, 0.3) is 0 Å². The minimum absolute atomic E-state index is 0.593. The Morgan fingerprint density at radius 2 is 2.16 bits per heavy atom. The fraction of sp³-hybridized carbons (Fsp3) is 0.438. The van der Waals surface area contributed by atoms with E-state index in [4.69, 9.17) is 0 Å². The second-order valence-electron chi connectivity index (χ2n) is 5.26. The molecule has 0 bridgehead atoms. The average Bonchev–Trinajstić information content (AvgIpc) is 2.92. The number of aromatic nitrogens is 2. The van der Waals surface area contributed by atoms with Crippen LogP contribution in [0.3, 0.4) is 0 Å². The second kappa shape index (κ2) is 5.57. The summed E-state index contributed by atoms with van der Waals surface area (Å²) in [6, 6.07) is 9.41. The summed E-state index contributed by atoms with van der Waals surface area (Å²) in [6.45, 7) is 4.06. The maximum Gasteiger partial charge on any atom is 0.0948 e. The van der Waals surface area contributed by atoms with Gasteiger partial charge in [0, 0.05) is 25.3 Å². The van der Waals surface area contributed by atoms with Crippen LogP contribution >= 0.6 is 0 Å². The van der Waals surface area contributed by atoms with Gasteiger partial charge in [0.05, 0.1) is 12.0 Å². The summed E-state index contributed by atoms with van der Waals surface area (Å²) in [6.07, 6.45) is 7.45. The Morgan fingerprint density at radius 3 is 3.00 bits per heavy atom. The number of benzene rings is 1. The van der Waals surface area contributed by atoms with Crippen LogP contribution in [0.5, 0.6) is 0 Å². The number of aryl methyl sites for hydroxylation is 2. The molecule has 1 aromatic carbocycles. The molecule has 1 aliphatic carbocycles. The van der Waals surface area contributed by atoms with Crippen LogP contribution in [0.15, 0.2) is 36.8 Å². The lowest BCUT2D eigenvalue weighted by atomic mass is 9.88. The molecule has 0 spiro atoms. The Bertz CT molecular complexity index is 544. The van der Waals surface area contributed by atoms with Crippen molar-refractivity contribution in [3.8, 4) is 0 Å². The van der Waals surface area contributed by atoms with Crippen molar-refractivity contribution in [1.82, 2.24) is 14.9 Å². The number of hydrogen-bond donors (Lipinski definition) is 1. The molecule has 100 valence electrons. The average molecular weight is 255 g/mol. The van der Waals surface area contributed by atoms with E-state index in [0.29, 0.717) is 6.04 Å². The maximum absolute atomic E-state index is 4.22. The Morgan fingerprint density at radius 1 is 1.32 bits per heavy atom. The predicted octanol–water partition coefficient (Wildman–Crippen LogP) is 2.55. The van der Waals surface area contributed by atoms with Crippen molar-refractivity contribution in [3.63, 3.8) is 0 Å². The van der Waals surface area contributed by atoms with Gasteiger partial charge < -0.3 is 9.88 Å². The topological polar surface area (TPSA) is 29.9 Å². The van der Waals surface area contributed by atoms with Gasteiger partial charge in [0.2, 0.25) is 0 Å². The van der Waals surface area contributed by atoms with Gasteiger partial charge in [0.1, 0.15) is 0 Å². The molecular weight excluding hydrogens is 234 g/mol. The lowest BCUT2D eigenvalue weighted by Gasteiger charge is -2.25. The fourth-order valence-corrected chi connectivity index (χ4v) is 2.90. The van der Waals surface area contributed by atoms with Crippen molar-refractivity contribution in [2.45, 2.75) is 45.3 Å². The number of rotatable bonds is 4. The molecule has 1 aliphatic rings. The predicted molar refractivity (Wildman–Crippen MR) is 77.0 cm³/mol. The summed E-state index contributed by atoms with van der Waals surface area (Å²) in [7, 11) is 0. The zero-order chi connectivity index (χ0) is 13.1. The quantitative estimate of drug-likeness (QED) is 0.910. The highest BCUT2D eigenvalue weighted by Gasteiger charge is 2.17. The summed E-state index contributed by atoms with van der Waals surface area (Å²) in [5.41, 5.74) is 4.32. The standard InChI is InChI=1S/C16H21N3/c1-2-19-12-17-10-16(19)11-18-15-8-7-13-5-3-4-6-14(13)9-15/h3-6,10,12,15,18H,2,7-9,11H2,1H3. The van der Waals surface area contributed by atoms with E-state index in [1.54, 1.807) is 0 Å². The van der Waals surface area contributed by atoms with Gasteiger partial charge in [-0.1, -0.05) is 24.3 Å². The minimum Gasteiger partial charge on any atom is -0.334 e. The Hall–Kier alpha value is -1.61. The number of fused-ring (bicyclic) bond motifs is 1. The van der Waals surface area contributed by atoms with E-state index in [1.807, 2.05) is 12.5 Å². The van der Waals surface area contributed by atoms with Crippen molar-refractivity contribution in [1.29, 1.82) is 0 Å². The molecule has 0 saturated carbocycles. The van der Waals surface area contributed by atoms with E-state index < -0.39 is 0 Å². The molecule has 19 heavy (non-hydrogen) atoms. The molecule has 2 aromatic rings. The maximum atomic E-state index is 4.22. The summed E-state index contributed by atoms with van der Waals surface area (Å²) < 4.78 is 2.20. The smallest absolute Gasteiger partial charge is 0.0948 e. The molecule has 1 heterocycles. The van der Waals surface area contributed by atoms with Crippen molar-refractivity contribution < 1.29 is 0 Å². The first-order valence-electron chi connectivity index (χ1n) is 7.16. The molecule has 0 aliphatic heterocycles. The van der Waals surface area contributed by atoms with Crippen molar-refractivity contribution >= 4 is 0 Å². The third-order valence-corrected chi connectivity index (χ3v) is 4.06. The molecule has 0 amide bonds. The number of nitrogens with one attached hydrogen (secondary N) is 1. The van der Waals surface area contributed by atoms with Gasteiger partial charge in [-0.25, -0.2) is 4.98 Å². The van der Waals surface area contributed by atoms with E-state index in [0.717, 1.165) is 19.5 Å². The Labute approximate surface area is 114 Å². The molecule has 1 unspecified atom stereocenters. The van der Waals surface area contributed by atoms with Crippen LogP contribution < -0.4 is 5.32 Å². The van der Waals surface area contributed by atoms with Crippen LogP contribution in [-0.2, 0) is 25.9 Å². The molecule has 0 saturated heterocycles. The molecule has 0 fully saturated rings. The highest BCUT2D eigenvalue weighted by atomic mass is 15.1. The lowest BCUT2D eigenvalue weighted by molar-refractivity contribution is 0.449. The van der Waals surface area contributed by atoms with Gasteiger partial charge >= 0.3 is 0 Å². The fourth-order valence-electron chi connectivity index (χ4n) is 2.90. The molecule has 1 atom stereocenters. The lowest BCUT2D eigenvalue weighted by Crippen LogP contribution is -2.34. The monoisotopic (exact) mass is 255 g/mol. The van der Waals surface area contributed by atoms with E-state index in [2.05, 4.69) is 46.1 Å². The minimum atomic E-state index is 0.593. The first-order valence-corrected chi connectivity index (χ1v) is 7.16. The molecule has 3 nitrogen and oxygen atoms in total. The van der Waals surface area contributed by atoms with Crippen LogP contribution in [0.2, 0.25) is 0 Å². The van der Waals surface area contributed by atoms with Crippen LogP contribution in [-0.4, -0.2) is 15.6 Å². The molecule has 3 heteroatoms. The number of nitrogens with zero attached hydrogens (tertiary/aromatic N) is 2. The molecular formula is C16H21N3.